The first-order valence-corrected chi connectivity index (χ1v) is 4.59. The molecule has 7 heteroatoms. The maximum Gasteiger partial charge on any atom is 0.274 e. The number of carbonyl (C=O) groups excluding carboxylic acids is 1. The Labute approximate surface area is 86.1 Å². The zero-order valence-corrected chi connectivity index (χ0v) is 7.97. The molecule has 1 aromatic rings. The number of aromatic nitrogens is 3. The highest BCUT2D eigenvalue weighted by atomic mass is 16.2. The topological polar surface area (TPSA) is 95.6 Å². The molecule has 7 nitrogen and oxygen atoms in total. The lowest BCUT2D eigenvalue weighted by Gasteiger charge is -2.26. The highest BCUT2D eigenvalue weighted by Gasteiger charge is 2.21. The summed E-state index contributed by atoms with van der Waals surface area (Å²) in [6.45, 7) is 1.68. The first kappa shape index (κ1) is 9.61. The summed E-state index contributed by atoms with van der Waals surface area (Å²) < 4.78 is 1.66. The molecule has 1 aromatic heterocycles. The Hall–Kier alpha value is -1.94. The van der Waals surface area contributed by atoms with Crippen molar-refractivity contribution in [1.29, 1.82) is 5.26 Å². The molecule has 78 valence electrons. The van der Waals surface area contributed by atoms with Crippen molar-refractivity contribution in [2.24, 2.45) is 0 Å². The quantitative estimate of drug-likeness (QED) is 0.598. The molecule has 0 aliphatic carbocycles. The molecular formula is C8H10N6O. The van der Waals surface area contributed by atoms with E-state index in [1.54, 1.807) is 10.9 Å². The lowest BCUT2D eigenvalue weighted by molar-refractivity contribution is 0.0953. The van der Waals surface area contributed by atoms with Gasteiger partial charge in [0.2, 0.25) is 0 Å². The van der Waals surface area contributed by atoms with Crippen LogP contribution in [0.25, 0.3) is 0 Å². The van der Waals surface area contributed by atoms with Gasteiger partial charge in [0, 0.05) is 13.1 Å². The Kier molecular flexibility index (Phi) is 2.60. The molecular weight excluding hydrogens is 196 g/mol. The molecule has 0 radical (unpaired) electrons. The summed E-state index contributed by atoms with van der Waals surface area (Å²) in [5.41, 5.74) is 0.247. The maximum absolute atomic E-state index is 11.4. The molecule has 1 amide bonds. The Morgan fingerprint density at radius 1 is 1.80 bits per heavy atom. The van der Waals surface area contributed by atoms with Crippen LogP contribution in [0.15, 0.2) is 6.20 Å². The molecule has 1 saturated heterocycles. The first-order valence-electron chi connectivity index (χ1n) is 4.59. The Bertz CT molecular complexity index is 402. The third-order valence-corrected chi connectivity index (χ3v) is 2.20. The number of nitrogens with zero attached hydrogens (tertiary/aromatic N) is 4. The number of amides is 1. The molecule has 0 aromatic carbocycles. The molecule has 0 unspecified atom stereocenters. The Morgan fingerprint density at radius 3 is 3.20 bits per heavy atom. The van der Waals surface area contributed by atoms with Crippen LogP contribution in [0.1, 0.15) is 16.5 Å². The summed E-state index contributed by atoms with van der Waals surface area (Å²) in [5.74, 6) is -0.366. The lowest BCUT2D eigenvalue weighted by atomic mass is 10.2. The molecule has 2 rings (SSSR count). The minimum absolute atomic E-state index is 0.0172. The smallest absolute Gasteiger partial charge is 0.274 e. The predicted molar refractivity (Wildman–Crippen MR) is 49.9 cm³/mol. The van der Waals surface area contributed by atoms with Gasteiger partial charge in [0.1, 0.15) is 6.54 Å². The second-order valence-electron chi connectivity index (χ2n) is 3.24. The van der Waals surface area contributed by atoms with Gasteiger partial charge in [-0.2, -0.15) is 5.26 Å². The van der Waals surface area contributed by atoms with E-state index in [0.717, 1.165) is 13.1 Å². The van der Waals surface area contributed by atoms with E-state index in [9.17, 15) is 4.79 Å². The van der Waals surface area contributed by atoms with Gasteiger partial charge in [0.05, 0.1) is 18.3 Å². The normalized spacial score (nSPS) is 15.4. The van der Waals surface area contributed by atoms with E-state index < -0.39 is 0 Å². The van der Waals surface area contributed by atoms with Gasteiger partial charge in [0.15, 0.2) is 5.69 Å². The molecule has 2 N–H and O–H groups in total. The highest BCUT2D eigenvalue weighted by Crippen LogP contribution is 2.09. The van der Waals surface area contributed by atoms with Crippen molar-refractivity contribution in [1.82, 2.24) is 25.6 Å². The summed E-state index contributed by atoms with van der Waals surface area (Å²) in [6, 6.07) is 2.11. The largest absolute Gasteiger partial charge is 0.337 e. The fourth-order valence-electron chi connectivity index (χ4n) is 1.23. The highest BCUT2D eigenvalue weighted by molar-refractivity contribution is 5.91. The SMILES string of the molecule is N#CCNC(=O)c1cn(C2CNC2)nn1. The fraction of sp³-hybridized carbons (Fsp3) is 0.500. The van der Waals surface area contributed by atoms with Crippen molar-refractivity contribution in [3.8, 4) is 6.07 Å². The predicted octanol–water partition coefficient (Wildman–Crippen LogP) is -1.32. The number of rotatable bonds is 3. The van der Waals surface area contributed by atoms with Crippen LogP contribution in [0, 0.1) is 11.3 Å². The summed E-state index contributed by atoms with van der Waals surface area (Å²) in [7, 11) is 0. The summed E-state index contributed by atoms with van der Waals surface area (Å²) in [6.07, 6.45) is 1.60. The summed E-state index contributed by atoms with van der Waals surface area (Å²) in [4.78, 5) is 11.4. The minimum Gasteiger partial charge on any atom is -0.337 e. The lowest BCUT2D eigenvalue weighted by Crippen LogP contribution is -2.43. The zero-order chi connectivity index (χ0) is 10.7. The van der Waals surface area contributed by atoms with E-state index in [1.165, 1.54) is 0 Å². The summed E-state index contributed by atoms with van der Waals surface area (Å²) >= 11 is 0. The molecule has 0 atom stereocenters. The monoisotopic (exact) mass is 206 g/mol. The molecule has 0 bridgehead atoms. The molecule has 15 heavy (non-hydrogen) atoms. The number of nitriles is 1. The van der Waals surface area contributed by atoms with Crippen molar-refractivity contribution in [2.45, 2.75) is 6.04 Å². The van der Waals surface area contributed by atoms with Crippen LogP contribution < -0.4 is 10.6 Å². The van der Waals surface area contributed by atoms with E-state index in [4.69, 9.17) is 5.26 Å². The van der Waals surface area contributed by atoms with Gasteiger partial charge >= 0.3 is 0 Å². The van der Waals surface area contributed by atoms with E-state index >= 15 is 0 Å². The molecule has 2 heterocycles. The molecule has 0 saturated carbocycles. The third-order valence-electron chi connectivity index (χ3n) is 2.20. The standard InChI is InChI=1S/C8H10N6O/c9-1-2-11-8(15)7-5-14(13-12-7)6-3-10-4-6/h5-6,10H,2-4H2,(H,11,15). The Morgan fingerprint density at radius 2 is 2.60 bits per heavy atom. The second-order valence-corrected chi connectivity index (χ2v) is 3.24. The van der Waals surface area contributed by atoms with Gasteiger partial charge in [-0.15, -0.1) is 5.10 Å². The van der Waals surface area contributed by atoms with Crippen molar-refractivity contribution in [3.63, 3.8) is 0 Å². The van der Waals surface area contributed by atoms with E-state index in [0.29, 0.717) is 0 Å². The van der Waals surface area contributed by atoms with Crippen LogP contribution in [0.4, 0.5) is 0 Å². The van der Waals surface area contributed by atoms with Crippen LogP contribution in [0.5, 0.6) is 0 Å². The van der Waals surface area contributed by atoms with E-state index in [-0.39, 0.29) is 24.2 Å². The number of hydrogen-bond acceptors (Lipinski definition) is 5. The van der Waals surface area contributed by atoms with Crippen LogP contribution in [0.3, 0.4) is 0 Å². The van der Waals surface area contributed by atoms with Gasteiger partial charge < -0.3 is 10.6 Å². The average molecular weight is 206 g/mol. The van der Waals surface area contributed by atoms with Crippen molar-refractivity contribution >= 4 is 5.91 Å². The van der Waals surface area contributed by atoms with Gasteiger partial charge in [-0.25, -0.2) is 4.68 Å². The maximum atomic E-state index is 11.4. The van der Waals surface area contributed by atoms with E-state index in [1.807, 2.05) is 6.07 Å². The van der Waals surface area contributed by atoms with Crippen molar-refractivity contribution < 1.29 is 4.79 Å². The van der Waals surface area contributed by atoms with Crippen LogP contribution in [0.2, 0.25) is 0 Å². The van der Waals surface area contributed by atoms with Crippen molar-refractivity contribution in [3.05, 3.63) is 11.9 Å². The molecule has 1 aliphatic heterocycles. The zero-order valence-electron chi connectivity index (χ0n) is 7.97. The molecule has 0 spiro atoms. The number of carbonyl (C=O) groups is 1. The van der Waals surface area contributed by atoms with Gasteiger partial charge in [-0.05, 0) is 0 Å². The fourth-order valence-corrected chi connectivity index (χ4v) is 1.23. The van der Waals surface area contributed by atoms with Crippen LogP contribution in [-0.2, 0) is 0 Å². The third kappa shape index (κ3) is 1.94. The van der Waals surface area contributed by atoms with Crippen LogP contribution in [-0.4, -0.2) is 40.5 Å². The average Bonchev–Trinajstić information content (AvgIpc) is 2.60. The first-order chi connectivity index (χ1) is 7.31. The van der Waals surface area contributed by atoms with Gasteiger partial charge in [-0.3, -0.25) is 4.79 Å². The van der Waals surface area contributed by atoms with Gasteiger partial charge in [0.25, 0.3) is 5.91 Å². The Balaban J connectivity index is 2.00. The van der Waals surface area contributed by atoms with E-state index in [2.05, 4.69) is 20.9 Å². The summed E-state index contributed by atoms with van der Waals surface area (Å²) in [5, 5.41) is 21.4. The minimum atomic E-state index is -0.366. The second kappa shape index (κ2) is 4.06. The van der Waals surface area contributed by atoms with Crippen LogP contribution >= 0.6 is 0 Å². The number of hydrogen-bond donors (Lipinski definition) is 2. The molecule has 1 aliphatic rings. The van der Waals surface area contributed by atoms with Gasteiger partial charge in [-0.1, -0.05) is 5.21 Å². The molecule has 1 fully saturated rings. The number of nitrogens with one attached hydrogen (secondary N) is 2. The van der Waals surface area contributed by atoms with Crippen molar-refractivity contribution in [2.75, 3.05) is 19.6 Å².